The zero-order valence-corrected chi connectivity index (χ0v) is 12.8. The second-order valence-corrected chi connectivity index (χ2v) is 5.42. The molecule has 1 aromatic carbocycles. The Morgan fingerprint density at radius 1 is 1.25 bits per heavy atom. The molecule has 2 aliphatic rings. The Hall–Kier alpha value is -3.17. The molecule has 2 aliphatic heterocycles. The Labute approximate surface area is 135 Å². The number of likely N-dealkylation sites (N-methyl/N-ethyl adjacent to an activating group) is 2. The highest BCUT2D eigenvalue weighted by atomic mass is 19.1. The van der Waals surface area contributed by atoms with E-state index >= 15 is 0 Å². The van der Waals surface area contributed by atoms with E-state index in [1.807, 2.05) is 0 Å². The average Bonchev–Trinajstić information content (AvgIpc) is 2.92. The third kappa shape index (κ3) is 2.32. The predicted molar refractivity (Wildman–Crippen MR) is 79.5 cm³/mol. The molecule has 3 amide bonds. The van der Waals surface area contributed by atoms with Crippen LogP contribution in [0.15, 0.2) is 29.3 Å². The Bertz CT molecular complexity index is 817. The number of amides is 3. The van der Waals surface area contributed by atoms with Crippen LogP contribution in [0, 0.1) is 15.9 Å². The van der Waals surface area contributed by atoms with Crippen LogP contribution in [-0.4, -0.2) is 63.2 Å². The van der Waals surface area contributed by atoms with Crippen molar-refractivity contribution in [2.45, 2.75) is 12.6 Å². The summed E-state index contributed by atoms with van der Waals surface area (Å²) in [5.74, 6) is -1.55. The number of carbonyl (C=O) groups excluding carboxylic acids is 2. The van der Waals surface area contributed by atoms with Gasteiger partial charge in [-0.2, -0.15) is 4.58 Å². The first-order valence-corrected chi connectivity index (χ1v) is 6.97. The second kappa shape index (κ2) is 5.48. The molecule has 0 radical (unpaired) electrons. The van der Waals surface area contributed by atoms with Crippen molar-refractivity contribution in [3.05, 3.63) is 45.8 Å². The van der Waals surface area contributed by atoms with Crippen LogP contribution in [0.25, 0.3) is 0 Å². The van der Waals surface area contributed by atoms with Crippen molar-refractivity contribution in [3.63, 3.8) is 0 Å². The lowest BCUT2D eigenvalue weighted by Gasteiger charge is -2.28. The van der Waals surface area contributed by atoms with Crippen LogP contribution in [0.5, 0.6) is 0 Å². The molecule has 1 atom stereocenters. The normalized spacial score (nSPS) is 20.5. The molecule has 1 aromatic rings. The SMILES string of the molecule is CN1C(=O)C2C(=NC([N+](=O)[O-])=[N+]2Cc2ccc(F)cc2)N(C)C1=O. The van der Waals surface area contributed by atoms with Gasteiger partial charge < -0.3 is 10.1 Å². The maximum absolute atomic E-state index is 13.0. The largest absolute Gasteiger partial charge is 0.627 e. The number of rotatable bonds is 2. The molecule has 0 saturated carbocycles. The van der Waals surface area contributed by atoms with Crippen LogP contribution in [0.2, 0.25) is 0 Å². The molecule has 0 aromatic heterocycles. The molecule has 9 nitrogen and oxygen atoms in total. The van der Waals surface area contributed by atoms with Gasteiger partial charge in [-0.1, -0.05) is 12.1 Å². The molecule has 1 unspecified atom stereocenters. The van der Waals surface area contributed by atoms with E-state index in [2.05, 4.69) is 4.99 Å². The van der Waals surface area contributed by atoms with E-state index in [9.17, 15) is 24.1 Å². The van der Waals surface area contributed by atoms with Gasteiger partial charge in [0.05, 0.1) is 9.92 Å². The number of aliphatic imine (C=N–C) groups is 1. The minimum atomic E-state index is -1.07. The van der Waals surface area contributed by atoms with Crippen LogP contribution < -0.4 is 0 Å². The fourth-order valence-corrected chi connectivity index (χ4v) is 2.68. The summed E-state index contributed by atoms with van der Waals surface area (Å²) >= 11 is 0. The quantitative estimate of drug-likeness (QED) is 0.440. The molecule has 0 N–H and O–H groups in total. The summed E-state index contributed by atoms with van der Waals surface area (Å²) in [6, 6.07) is 3.71. The molecule has 1 fully saturated rings. The molecule has 1 saturated heterocycles. The van der Waals surface area contributed by atoms with Gasteiger partial charge in [-0.15, -0.1) is 0 Å². The lowest BCUT2D eigenvalue weighted by molar-refractivity contribution is -0.593. The van der Waals surface area contributed by atoms with Gasteiger partial charge in [-0.3, -0.25) is 14.6 Å². The maximum atomic E-state index is 13.0. The number of urea groups is 1. The third-order valence-corrected chi connectivity index (χ3v) is 3.94. The van der Waals surface area contributed by atoms with Gasteiger partial charge >= 0.3 is 17.8 Å². The number of hydrogen-bond acceptors (Lipinski definition) is 5. The van der Waals surface area contributed by atoms with E-state index in [0.29, 0.717) is 5.56 Å². The van der Waals surface area contributed by atoms with Gasteiger partial charge in [0.2, 0.25) is 0 Å². The number of nitrogens with zero attached hydrogens (tertiary/aromatic N) is 5. The topological polar surface area (TPSA) is 99.1 Å². The summed E-state index contributed by atoms with van der Waals surface area (Å²) < 4.78 is 14.2. The van der Waals surface area contributed by atoms with Gasteiger partial charge in [0.15, 0.2) is 0 Å². The molecule has 3 rings (SSSR count). The highest BCUT2D eigenvalue weighted by Crippen LogP contribution is 2.20. The highest BCUT2D eigenvalue weighted by Gasteiger charge is 2.58. The summed E-state index contributed by atoms with van der Waals surface area (Å²) in [6.45, 7) is -0.0180. The van der Waals surface area contributed by atoms with Crippen LogP contribution >= 0.6 is 0 Å². The number of hydrogen-bond donors (Lipinski definition) is 0. The monoisotopic (exact) mass is 334 g/mol. The number of benzene rings is 1. The number of fused-ring (bicyclic) bond motifs is 1. The summed E-state index contributed by atoms with van der Waals surface area (Å²) in [4.78, 5) is 40.9. The van der Waals surface area contributed by atoms with Gasteiger partial charge in [0.25, 0.3) is 11.9 Å². The fourth-order valence-electron chi connectivity index (χ4n) is 2.68. The maximum Gasteiger partial charge on any atom is 0.627 e. The molecule has 10 heteroatoms. The van der Waals surface area contributed by atoms with Gasteiger partial charge in [-0.25, -0.2) is 9.18 Å². The summed E-state index contributed by atoms with van der Waals surface area (Å²) in [5.41, 5.74) is 0.571. The summed E-state index contributed by atoms with van der Waals surface area (Å²) in [7, 11) is 2.70. The number of nitro groups is 1. The Morgan fingerprint density at radius 3 is 2.46 bits per heavy atom. The zero-order valence-electron chi connectivity index (χ0n) is 12.8. The highest BCUT2D eigenvalue weighted by molar-refractivity contribution is 6.22. The first-order valence-electron chi connectivity index (χ1n) is 6.97. The van der Waals surface area contributed by atoms with Crippen molar-refractivity contribution in [2.75, 3.05) is 14.1 Å². The Kier molecular flexibility index (Phi) is 3.59. The molecule has 0 spiro atoms. The summed E-state index contributed by atoms with van der Waals surface area (Å²) in [5, 5.41) is 11.3. The van der Waals surface area contributed by atoms with E-state index in [1.165, 1.54) is 42.9 Å². The van der Waals surface area contributed by atoms with Crippen molar-refractivity contribution in [1.29, 1.82) is 0 Å². The van der Waals surface area contributed by atoms with Crippen LogP contribution in [0.3, 0.4) is 0 Å². The van der Waals surface area contributed by atoms with E-state index < -0.39 is 34.7 Å². The molecule has 24 heavy (non-hydrogen) atoms. The lowest BCUT2D eigenvalue weighted by atomic mass is 10.1. The molecule has 0 aliphatic carbocycles. The standard InChI is InChI=1S/C14H13FN5O4/c1-17-11-10(12(21)18(2)14(17)22)19(13(16-11)20(23)24)7-8-3-5-9(15)6-4-8/h3-6,10H,7H2,1-2H3/q+1. The van der Waals surface area contributed by atoms with E-state index in [1.54, 1.807) is 0 Å². The van der Waals surface area contributed by atoms with E-state index in [0.717, 1.165) is 9.80 Å². The van der Waals surface area contributed by atoms with Crippen molar-refractivity contribution < 1.29 is 23.5 Å². The van der Waals surface area contributed by atoms with Gasteiger partial charge in [-0.05, 0) is 12.1 Å². The number of amidine groups is 1. The number of halogens is 1. The van der Waals surface area contributed by atoms with E-state index in [4.69, 9.17) is 0 Å². The molecule has 124 valence electrons. The number of carbonyl (C=O) groups is 2. The van der Waals surface area contributed by atoms with Crippen molar-refractivity contribution in [1.82, 2.24) is 9.80 Å². The zero-order chi connectivity index (χ0) is 17.6. The first kappa shape index (κ1) is 15.7. The molecular formula is C14H13FN5O4+. The number of imide groups is 1. The summed E-state index contributed by atoms with van der Waals surface area (Å²) in [6.07, 6.45) is 0. The predicted octanol–water partition coefficient (Wildman–Crippen LogP) is 0.275. The first-order chi connectivity index (χ1) is 11.3. The van der Waals surface area contributed by atoms with Crippen LogP contribution in [0.4, 0.5) is 9.18 Å². The molecule has 2 heterocycles. The van der Waals surface area contributed by atoms with Crippen LogP contribution in [-0.2, 0) is 11.3 Å². The minimum Gasteiger partial charge on any atom is -0.320 e. The minimum absolute atomic E-state index is 0.0110. The van der Waals surface area contributed by atoms with Crippen molar-refractivity contribution in [2.24, 2.45) is 4.99 Å². The van der Waals surface area contributed by atoms with Gasteiger partial charge in [0.1, 0.15) is 12.4 Å². The van der Waals surface area contributed by atoms with Crippen molar-refractivity contribution in [3.8, 4) is 0 Å². The average molecular weight is 334 g/mol. The number of guanidine groups is 1. The molecular weight excluding hydrogens is 321 g/mol. The van der Waals surface area contributed by atoms with E-state index in [-0.39, 0.29) is 12.4 Å². The Morgan fingerprint density at radius 2 is 1.88 bits per heavy atom. The second-order valence-electron chi connectivity index (χ2n) is 5.42. The van der Waals surface area contributed by atoms with Crippen molar-refractivity contribution >= 4 is 23.7 Å². The van der Waals surface area contributed by atoms with Gasteiger partial charge in [0, 0.05) is 19.7 Å². The fraction of sp³-hybridized carbons (Fsp3) is 0.286. The smallest absolute Gasteiger partial charge is 0.320 e. The lowest BCUT2D eigenvalue weighted by Crippen LogP contribution is -2.61. The molecule has 0 bridgehead atoms. The Balaban J connectivity index is 2.04. The van der Waals surface area contributed by atoms with Crippen LogP contribution in [0.1, 0.15) is 5.56 Å². The third-order valence-electron chi connectivity index (χ3n) is 3.94.